The van der Waals surface area contributed by atoms with E-state index in [0.29, 0.717) is 32.1 Å². The number of nitrogens with one attached hydrogen (secondary N) is 2. The number of halogens is 4. The Morgan fingerprint density at radius 1 is 1.29 bits per heavy atom. The standard InChI is InChI=1S/C23H25Cl2F2N3O5/c24-14-4-5-18(17(25)9-14)35-23(26,27)22(34)30-10-13-2-1-3-16(13)19(30)21(33)29-15(11-31)8-12-6-7-28-20(12)32/h4-5,9,11-13,15-16,19H,1-3,6-8,10H2,(H,28,32)(H,29,33)/t12-,13-,15-,16-,19?/m0/s1. The van der Waals surface area contributed by atoms with Crippen LogP contribution in [0.2, 0.25) is 10.0 Å². The Balaban J connectivity index is 1.50. The Morgan fingerprint density at radius 3 is 2.71 bits per heavy atom. The second kappa shape index (κ2) is 10.3. The van der Waals surface area contributed by atoms with Crippen molar-refractivity contribution < 1.29 is 32.7 Å². The van der Waals surface area contributed by atoms with Gasteiger partial charge in [0.15, 0.2) is 0 Å². The van der Waals surface area contributed by atoms with Crippen LogP contribution in [0.5, 0.6) is 5.75 Å². The van der Waals surface area contributed by atoms with Crippen LogP contribution >= 0.6 is 23.2 Å². The normalized spacial score (nSPS) is 26.7. The first-order chi connectivity index (χ1) is 16.6. The number of likely N-dealkylation sites (tertiary alicyclic amines) is 1. The van der Waals surface area contributed by atoms with Crippen LogP contribution in [-0.4, -0.2) is 60.2 Å². The Morgan fingerprint density at radius 2 is 2.06 bits per heavy atom. The number of fused-ring (bicyclic) bond motifs is 1. The number of ether oxygens (including phenoxy) is 1. The quantitative estimate of drug-likeness (QED) is 0.502. The van der Waals surface area contributed by atoms with Gasteiger partial charge in [-0.1, -0.05) is 29.6 Å². The fourth-order valence-corrected chi connectivity index (χ4v) is 5.80. The number of nitrogens with zero attached hydrogens (tertiary/aromatic N) is 1. The summed E-state index contributed by atoms with van der Waals surface area (Å²) in [7, 11) is 0. The lowest BCUT2D eigenvalue weighted by Gasteiger charge is -2.30. The van der Waals surface area contributed by atoms with Crippen LogP contribution < -0.4 is 15.4 Å². The zero-order valence-corrected chi connectivity index (χ0v) is 20.2. The molecule has 1 unspecified atom stereocenters. The topological polar surface area (TPSA) is 105 Å². The second-order valence-corrected chi connectivity index (χ2v) is 10.1. The van der Waals surface area contributed by atoms with Crippen molar-refractivity contribution in [2.24, 2.45) is 17.8 Å². The molecule has 3 fully saturated rings. The van der Waals surface area contributed by atoms with Crippen molar-refractivity contribution in [1.29, 1.82) is 0 Å². The van der Waals surface area contributed by atoms with E-state index in [1.165, 1.54) is 12.1 Å². The molecule has 1 aromatic rings. The fourth-order valence-electron chi connectivity index (χ4n) is 5.35. The van der Waals surface area contributed by atoms with Crippen LogP contribution in [0.25, 0.3) is 0 Å². The molecular formula is C23H25Cl2F2N3O5. The molecule has 2 saturated heterocycles. The Bertz CT molecular complexity index is 1030. The van der Waals surface area contributed by atoms with Gasteiger partial charge in [-0.2, -0.15) is 8.78 Å². The number of amides is 3. The first-order valence-electron chi connectivity index (χ1n) is 11.5. The molecule has 5 atom stereocenters. The van der Waals surface area contributed by atoms with Crippen molar-refractivity contribution >= 4 is 47.2 Å². The number of benzene rings is 1. The average Bonchev–Trinajstić information content (AvgIpc) is 3.50. The SMILES string of the molecule is O=C[C@H](C[C@@H]1CCNC1=O)NC(=O)C1[C@H]2CCC[C@H]2CN1C(=O)C(F)(F)Oc1ccc(Cl)cc1Cl. The van der Waals surface area contributed by atoms with Crippen molar-refractivity contribution in [1.82, 2.24) is 15.5 Å². The van der Waals surface area contributed by atoms with Crippen molar-refractivity contribution in [2.75, 3.05) is 13.1 Å². The molecule has 1 aromatic carbocycles. The number of rotatable bonds is 8. The molecule has 12 heteroatoms. The number of carbonyl (C=O) groups excluding carboxylic acids is 4. The number of aldehydes is 1. The highest BCUT2D eigenvalue weighted by atomic mass is 35.5. The summed E-state index contributed by atoms with van der Waals surface area (Å²) in [4.78, 5) is 50.5. The Kier molecular flexibility index (Phi) is 7.51. The molecule has 1 aliphatic carbocycles. The summed E-state index contributed by atoms with van der Waals surface area (Å²) in [5.74, 6) is -3.81. The maximum atomic E-state index is 15.0. The minimum Gasteiger partial charge on any atom is -0.424 e. The van der Waals surface area contributed by atoms with Gasteiger partial charge in [0, 0.05) is 24.0 Å². The lowest BCUT2D eigenvalue weighted by molar-refractivity contribution is -0.205. The van der Waals surface area contributed by atoms with Crippen molar-refractivity contribution in [3.05, 3.63) is 28.2 Å². The van der Waals surface area contributed by atoms with Gasteiger partial charge in [-0.05, 0) is 55.7 Å². The predicted octanol–water partition coefficient (Wildman–Crippen LogP) is 2.80. The predicted molar refractivity (Wildman–Crippen MR) is 122 cm³/mol. The fraction of sp³-hybridized carbons (Fsp3) is 0.565. The molecule has 0 spiro atoms. The summed E-state index contributed by atoms with van der Waals surface area (Å²) >= 11 is 11.7. The zero-order valence-electron chi connectivity index (χ0n) is 18.6. The third-order valence-electron chi connectivity index (χ3n) is 6.99. The van der Waals surface area contributed by atoms with E-state index in [-0.39, 0.29) is 40.8 Å². The third-order valence-corrected chi connectivity index (χ3v) is 7.52. The van der Waals surface area contributed by atoms with E-state index in [2.05, 4.69) is 15.4 Å². The molecule has 3 amide bonds. The van der Waals surface area contributed by atoms with Gasteiger partial charge in [-0.3, -0.25) is 14.4 Å². The smallest absolute Gasteiger partial charge is 0.424 e. The van der Waals surface area contributed by atoms with Gasteiger partial charge in [0.2, 0.25) is 11.8 Å². The largest absolute Gasteiger partial charge is 0.482 e. The number of alkyl halides is 2. The van der Waals surface area contributed by atoms with Gasteiger partial charge >= 0.3 is 12.0 Å². The van der Waals surface area contributed by atoms with Crippen molar-refractivity contribution in [2.45, 2.75) is 50.3 Å². The van der Waals surface area contributed by atoms with Crippen LogP contribution in [0.15, 0.2) is 18.2 Å². The minimum atomic E-state index is -4.29. The van der Waals surface area contributed by atoms with E-state index in [0.717, 1.165) is 17.4 Å². The van der Waals surface area contributed by atoms with Crippen molar-refractivity contribution in [3.63, 3.8) is 0 Å². The highest BCUT2D eigenvalue weighted by Crippen LogP contribution is 2.44. The van der Waals surface area contributed by atoms with E-state index in [1.54, 1.807) is 0 Å². The summed E-state index contributed by atoms with van der Waals surface area (Å²) in [5.41, 5.74) is 0. The van der Waals surface area contributed by atoms with Crippen LogP contribution in [0.4, 0.5) is 8.78 Å². The molecule has 3 aliphatic rings. The number of hydrogen-bond acceptors (Lipinski definition) is 5. The van der Waals surface area contributed by atoms with Crippen molar-refractivity contribution in [3.8, 4) is 5.75 Å². The highest BCUT2D eigenvalue weighted by Gasteiger charge is 2.56. The highest BCUT2D eigenvalue weighted by molar-refractivity contribution is 6.35. The average molecular weight is 532 g/mol. The Labute approximate surface area is 210 Å². The number of carbonyl (C=O) groups is 4. The minimum absolute atomic E-state index is 0.0221. The molecule has 4 rings (SSSR count). The molecule has 1 saturated carbocycles. The van der Waals surface area contributed by atoms with Gasteiger partial charge in [0.25, 0.3) is 0 Å². The molecule has 0 radical (unpaired) electrons. The van der Waals surface area contributed by atoms with Crippen LogP contribution in [0, 0.1) is 17.8 Å². The monoisotopic (exact) mass is 531 g/mol. The summed E-state index contributed by atoms with van der Waals surface area (Å²) in [6.07, 6.45) is -1.02. The number of hydrogen-bond donors (Lipinski definition) is 2. The van der Waals surface area contributed by atoms with Crippen LogP contribution in [-0.2, 0) is 19.2 Å². The van der Waals surface area contributed by atoms with E-state index in [1.807, 2.05) is 0 Å². The molecule has 2 N–H and O–H groups in total. The first kappa shape index (κ1) is 25.6. The lowest BCUT2D eigenvalue weighted by atomic mass is 9.92. The maximum Gasteiger partial charge on any atom is 0.482 e. The Hall–Kier alpha value is -2.46. The molecule has 2 aliphatic heterocycles. The summed E-state index contributed by atoms with van der Waals surface area (Å²) in [6.45, 7) is 0.468. The van der Waals surface area contributed by atoms with Crippen LogP contribution in [0.1, 0.15) is 32.1 Å². The van der Waals surface area contributed by atoms with Gasteiger partial charge in [-0.15, -0.1) is 0 Å². The van der Waals surface area contributed by atoms with Gasteiger partial charge in [0.1, 0.15) is 18.1 Å². The van der Waals surface area contributed by atoms with E-state index >= 15 is 0 Å². The molecule has 190 valence electrons. The second-order valence-electron chi connectivity index (χ2n) is 9.21. The first-order valence-corrected chi connectivity index (χ1v) is 12.2. The molecular weight excluding hydrogens is 507 g/mol. The molecule has 0 aromatic heterocycles. The van der Waals surface area contributed by atoms with E-state index in [4.69, 9.17) is 23.2 Å². The molecule has 8 nitrogen and oxygen atoms in total. The molecule has 35 heavy (non-hydrogen) atoms. The lowest BCUT2D eigenvalue weighted by Crippen LogP contribution is -2.56. The van der Waals surface area contributed by atoms with Gasteiger partial charge < -0.3 is 25.1 Å². The molecule has 2 heterocycles. The summed E-state index contributed by atoms with van der Waals surface area (Å²) in [6, 6.07) is 1.48. The van der Waals surface area contributed by atoms with Gasteiger partial charge in [0.05, 0.1) is 11.1 Å². The summed E-state index contributed by atoms with van der Waals surface area (Å²) in [5, 5.41) is 5.25. The zero-order chi connectivity index (χ0) is 25.3. The van der Waals surface area contributed by atoms with E-state index in [9.17, 15) is 28.0 Å². The van der Waals surface area contributed by atoms with E-state index < -0.39 is 41.7 Å². The summed E-state index contributed by atoms with van der Waals surface area (Å²) < 4.78 is 34.6. The maximum absolute atomic E-state index is 15.0. The van der Waals surface area contributed by atoms with Gasteiger partial charge in [-0.25, -0.2) is 0 Å². The third kappa shape index (κ3) is 5.38. The molecule has 0 bridgehead atoms. The van der Waals surface area contributed by atoms with Crippen LogP contribution in [0.3, 0.4) is 0 Å².